The van der Waals surface area contributed by atoms with E-state index >= 15 is 0 Å². The van der Waals surface area contributed by atoms with E-state index in [0.717, 1.165) is 30.8 Å². The monoisotopic (exact) mass is 303 g/mol. The smallest absolute Gasteiger partial charge is 0.239 e. The number of nitrogens with one attached hydrogen (secondary N) is 2. The molecule has 120 valence electrons. The molecule has 2 atom stereocenters. The predicted octanol–water partition coefficient (Wildman–Crippen LogP) is 0.864. The van der Waals surface area contributed by atoms with E-state index in [-0.39, 0.29) is 17.7 Å². The summed E-state index contributed by atoms with van der Waals surface area (Å²) in [5.41, 5.74) is 2.24. The zero-order chi connectivity index (χ0) is 15.5. The summed E-state index contributed by atoms with van der Waals surface area (Å²) in [6.45, 7) is 3.57. The highest BCUT2D eigenvalue weighted by molar-refractivity contribution is 5.82. The summed E-state index contributed by atoms with van der Waals surface area (Å²) in [7, 11) is 1.91. The molecule has 1 unspecified atom stereocenters. The van der Waals surface area contributed by atoms with Gasteiger partial charge in [0.1, 0.15) is 5.75 Å². The Morgan fingerprint density at radius 2 is 2.27 bits per heavy atom. The lowest BCUT2D eigenvalue weighted by atomic mass is 9.94. The van der Waals surface area contributed by atoms with Crippen LogP contribution in [0.4, 0.5) is 0 Å². The van der Waals surface area contributed by atoms with Crippen molar-refractivity contribution in [3.63, 3.8) is 0 Å². The molecule has 5 nitrogen and oxygen atoms in total. The lowest BCUT2D eigenvalue weighted by Crippen LogP contribution is -2.50. The van der Waals surface area contributed by atoms with Gasteiger partial charge in [0.25, 0.3) is 0 Å². The molecule has 0 spiro atoms. The van der Waals surface area contributed by atoms with Crippen molar-refractivity contribution >= 4 is 5.91 Å². The van der Waals surface area contributed by atoms with E-state index in [9.17, 15) is 9.90 Å². The van der Waals surface area contributed by atoms with Crippen molar-refractivity contribution in [2.45, 2.75) is 31.8 Å². The second-order valence-electron chi connectivity index (χ2n) is 6.52. The minimum absolute atomic E-state index is 0.154. The second-order valence-corrected chi connectivity index (χ2v) is 6.52. The molecule has 0 aromatic heterocycles. The lowest BCUT2D eigenvalue weighted by Gasteiger charge is -2.32. The van der Waals surface area contributed by atoms with Gasteiger partial charge in [0.05, 0.1) is 6.04 Å². The highest BCUT2D eigenvalue weighted by atomic mass is 16.3. The average molecular weight is 303 g/mol. The van der Waals surface area contributed by atoms with Crippen LogP contribution >= 0.6 is 0 Å². The van der Waals surface area contributed by atoms with Crippen molar-refractivity contribution in [3.05, 3.63) is 29.3 Å². The van der Waals surface area contributed by atoms with Crippen molar-refractivity contribution < 1.29 is 9.90 Å². The van der Waals surface area contributed by atoms with Crippen LogP contribution in [-0.4, -0.2) is 48.6 Å². The van der Waals surface area contributed by atoms with Gasteiger partial charge in [-0.3, -0.25) is 4.79 Å². The highest BCUT2D eigenvalue weighted by Gasteiger charge is 2.28. The first kappa shape index (κ1) is 15.3. The summed E-state index contributed by atoms with van der Waals surface area (Å²) in [6.07, 6.45) is 3.10. The Kier molecular flexibility index (Phi) is 4.64. The number of rotatable bonds is 3. The van der Waals surface area contributed by atoms with Gasteiger partial charge in [-0.15, -0.1) is 0 Å². The topological polar surface area (TPSA) is 64.6 Å². The van der Waals surface area contributed by atoms with Crippen molar-refractivity contribution in [2.75, 3.05) is 26.7 Å². The summed E-state index contributed by atoms with van der Waals surface area (Å²) in [5, 5.41) is 16.2. The van der Waals surface area contributed by atoms with Crippen molar-refractivity contribution in [3.8, 4) is 5.75 Å². The minimum atomic E-state index is -0.154. The predicted molar refractivity (Wildman–Crippen MR) is 85.7 cm³/mol. The first-order valence-corrected chi connectivity index (χ1v) is 8.13. The number of phenolic OH excluding ortho intramolecular Hbond substituents is 1. The molecule has 2 aliphatic heterocycles. The van der Waals surface area contributed by atoms with Gasteiger partial charge in [0.2, 0.25) is 5.91 Å². The fraction of sp³-hybridized carbons (Fsp3) is 0.588. The summed E-state index contributed by atoms with van der Waals surface area (Å²) >= 11 is 0. The molecule has 1 aromatic rings. The molecule has 2 heterocycles. The third-order valence-electron chi connectivity index (χ3n) is 4.76. The van der Waals surface area contributed by atoms with Gasteiger partial charge >= 0.3 is 0 Å². The zero-order valence-electron chi connectivity index (χ0n) is 13.1. The first-order valence-electron chi connectivity index (χ1n) is 8.13. The normalized spacial score (nSPS) is 24.6. The van der Waals surface area contributed by atoms with E-state index in [1.807, 2.05) is 18.0 Å². The Morgan fingerprint density at radius 3 is 3.05 bits per heavy atom. The van der Waals surface area contributed by atoms with Gasteiger partial charge < -0.3 is 20.6 Å². The molecule has 1 aromatic carbocycles. The van der Waals surface area contributed by atoms with Gasteiger partial charge in [-0.1, -0.05) is 6.07 Å². The molecule has 0 saturated carbocycles. The molecule has 0 bridgehead atoms. The third kappa shape index (κ3) is 3.42. The van der Waals surface area contributed by atoms with E-state index in [0.29, 0.717) is 18.9 Å². The van der Waals surface area contributed by atoms with Crippen LogP contribution in [0.15, 0.2) is 18.2 Å². The van der Waals surface area contributed by atoms with Crippen LogP contribution < -0.4 is 10.6 Å². The lowest BCUT2D eigenvalue weighted by molar-refractivity contribution is -0.133. The van der Waals surface area contributed by atoms with Crippen LogP contribution in [0.5, 0.6) is 5.75 Å². The van der Waals surface area contributed by atoms with E-state index in [4.69, 9.17) is 0 Å². The number of hydrogen-bond acceptors (Lipinski definition) is 4. The molecule has 0 aliphatic carbocycles. The van der Waals surface area contributed by atoms with Gasteiger partial charge in [-0.05, 0) is 61.5 Å². The van der Waals surface area contributed by atoms with Crippen LogP contribution in [0, 0.1) is 5.92 Å². The number of benzene rings is 1. The Balaban J connectivity index is 1.59. The van der Waals surface area contributed by atoms with E-state index in [1.165, 1.54) is 12.8 Å². The van der Waals surface area contributed by atoms with Crippen LogP contribution in [0.2, 0.25) is 0 Å². The van der Waals surface area contributed by atoms with Gasteiger partial charge in [0, 0.05) is 20.1 Å². The number of likely N-dealkylation sites (N-methyl/N-ethyl adjacent to an activating group) is 1. The van der Waals surface area contributed by atoms with Crippen molar-refractivity contribution in [1.82, 2.24) is 15.5 Å². The van der Waals surface area contributed by atoms with Crippen molar-refractivity contribution in [1.29, 1.82) is 0 Å². The van der Waals surface area contributed by atoms with Crippen LogP contribution in [0.25, 0.3) is 0 Å². The number of piperidine rings is 1. The maximum Gasteiger partial charge on any atom is 0.239 e. The molecule has 1 saturated heterocycles. The molecule has 2 aliphatic rings. The van der Waals surface area contributed by atoms with E-state index < -0.39 is 0 Å². The zero-order valence-corrected chi connectivity index (χ0v) is 13.1. The van der Waals surface area contributed by atoms with Gasteiger partial charge in [-0.2, -0.15) is 0 Å². The first-order chi connectivity index (χ1) is 10.6. The molecular weight excluding hydrogens is 278 g/mol. The minimum Gasteiger partial charge on any atom is -0.508 e. The van der Waals surface area contributed by atoms with Gasteiger partial charge in [-0.25, -0.2) is 0 Å². The molecule has 3 N–H and O–H groups in total. The maximum absolute atomic E-state index is 12.6. The van der Waals surface area contributed by atoms with Crippen molar-refractivity contribution in [2.24, 2.45) is 5.92 Å². The fourth-order valence-electron chi connectivity index (χ4n) is 3.50. The molecule has 22 heavy (non-hydrogen) atoms. The van der Waals surface area contributed by atoms with Gasteiger partial charge in [0.15, 0.2) is 0 Å². The maximum atomic E-state index is 12.6. The Bertz CT molecular complexity index is 541. The van der Waals surface area contributed by atoms with Crippen LogP contribution in [0.3, 0.4) is 0 Å². The second kappa shape index (κ2) is 6.67. The largest absolute Gasteiger partial charge is 0.508 e. The summed E-state index contributed by atoms with van der Waals surface area (Å²) in [5.74, 6) is 1.02. The Labute approximate surface area is 131 Å². The molecule has 5 heteroatoms. The number of carbonyl (C=O) groups excluding carboxylic acids is 1. The number of amides is 1. The molecule has 1 amide bonds. The summed E-state index contributed by atoms with van der Waals surface area (Å²) in [6, 6.07) is 5.25. The highest BCUT2D eigenvalue weighted by Crippen LogP contribution is 2.22. The third-order valence-corrected chi connectivity index (χ3v) is 4.76. The van der Waals surface area contributed by atoms with Crippen LogP contribution in [0.1, 0.15) is 24.0 Å². The SMILES string of the molecule is CN(CC1CCCNC1)C(=O)[C@@H]1Cc2ccc(O)cc2CN1. The number of phenols is 1. The standard InChI is InChI=1S/C17H25N3O2/c1-20(11-12-3-2-6-18-9-12)17(22)16-8-13-4-5-15(21)7-14(13)10-19-16/h4-5,7,12,16,18-19,21H,2-3,6,8-11H2,1H3/t12?,16-/m0/s1. The molecule has 1 fully saturated rings. The Morgan fingerprint density at radius 1 is 1.41 bits per heavy atom. The van der Waals surface area contributed by atoms with Crippen LogP contribution in [-0.2, 0) is 17.8 Å². The van der Waals surface area contributed by atoms with E-state index in [2.05, 4.69) is 10.6 Å². The number of carbonyl (C=O) groups is 1. The summed E-state index contributed by atoms with van der Waals surface area (Å²) < 4.78 is 0. The fourth-order valence-corrected chi connectivity index (χ4v) is 3.50. The number of aromatic hydroxyl groups is 1. The molecular formula is C17H25N3O2. The number of hydrogen-bond donors (Lipinski definition) is 3. The molecule has 3 rings (SSSR count). The number of fused-ring (bicyclic) bond motifs is 1. The van der Waals surface area contributed by atoms with E-state index in [1.54, 1.807) is 12.1 Å². The quantitative estimate of drug-likeness (QED) is 0.775. The average Bonchev–Trinajstić information content (AvgIpc) is 2.54. The Hall–Kier alpha value is -1.59. The molecule has 0 radical (unpaired) electrons. The number of nitrogens with zero attached hydrogens (tertiary/aromatic N) is 1. The summed E-state index contributed by atoms with van der Waals surface area (Å²) in [4.78, 5) is 14.5.